The molecule has 0 radical (unpaired) electrons. The Kier molecular flexibility index (Phi) is 7.12. The number of aromatic nitrogens is 3. The van der Waals surface area contributed by atoms with Crippen molar-refractivity contribution in [1.82, 2.24) is 13.9 Å². The van der Waals surface area contributed by atoms with Gasteiger partial charge in [-0.2, -0.15) is 0 Å². The number of benzene rings is 5. The summed E-state index contributed by atoms with van der Waals surface area (Å²) in [6, 6.07) is 35.4. The maximum Gasteiger partial charge on any atom is 0.116 e. The topological polar surface area (TPSA) is 79.1 Å². The van der Waals surface area contributed by atoms with Crippen LogP contribution in [0, 0.1) is 5.41 Å². The van der Waals surface area contributed by atoms with Gasteiger partial charge in [0, 0.05) is 52.2 Å². The third-order valence-electron chi connectivity index (χ3n) is 11.0. The van der Waals surface area contributed by atoms with Gasteiger partial charge in [0.05, 0.1) is 16.6 Å². The molecule has 5 aromatic carbocycles. The summed E-state index contributed by atoms with van der Waals surface area (Å²) in [6.45, 7) is 0. The van der Waals surface area contributed by atoms with Gasteiger partial charge in [0.15, 0.2) is 0 Å². The van der Waals surface area contributed by atoms with Crippen LogP contribution in [0.4, 0.5) is 0 Å². The van der Waals surface area contributed by atoms with Gasteiger partial charge in [-0.1, -0.05) is 36.4 Å². The van der Waals surface area contributed by atoms with E-state index in [9.17, 15) is 10.2 Å². The Bertz CT molecular complexity index is 2880. The first-order valence-corrected chi connectivity index (χ1v) is 18.1. The summed E-state index contributed by atoms with van der Waals surface area (Å²) in [5.74, 6) is 0.546. The minimum absolute atomic E-state index is 0.262. The number of phenolic OH excluding ortho intramolecular Hbond substituents is 2. The molecule has 0 fully saturated rings. The zero-order chi connectivity index (χ0) is 35.6. The minimum atomic E-state index is 0.262. The Labute approximate surface area is 306 Å². The summed E-state index contributed by atoms with van der Waals surface area (Å²) >= 11 is 0. The van der Waals surface area contributed by atoms with Crippen molar-refractivity contribution in [3.63, 3.8) is 0 Å². The maximum atomic E-state index is 10.2. The number of aryl methyl sites for hydroxylation is 2. The normalized spacial score (nSPS) is 13.9. The third kappa shape index (κ3) is 5.06. The van der Waals surface area contributed by atoms with Gasteiger partial charge in [0.2, 0.25) is 0 Å². The average molecular weight is 689 g/mol. The van der Waals surface area contributed by atoms with E-state index in [4.69, 9.17) is 5.41 Å². The molecular weight excluding hydrogens is 653 g/mol. The second-order valence-electron chi connectivity index (χ2n) is 14.1. The van der Waals surface area contributed by atoms with Crippen LogP contribution < -0.4 is 0 Å². The van der Waals surface area contributed by atoms with E-state index >= 15 is 0 Å². The molecule has 6 nitrogen and oxygen atoms in total. The molecule has 0 atom stereocenters. The van der Waals surface area contributed by atoms with Crippen LogP contribution in [-0.4, -0.2) is 30.3 Å². The van der Waals surface area contributed by atoms with Gasteiger partial charge in [0.1, 0.15) is 11.5 Å². The van der Waals surface area contributed by atoms with Gasteiger partial charge >= 0.3 is 0 Å². The third-order valence-corrected chi connectivity index (χ3v) is 11.0. The van der Waals surface area contributed by atoms with Gasteiger partial charge in [-0.25, -0.2) is 4.68 Å². The number of fused-ring (bicyclic) bond motifs is 9. The molecule has 2 aliphatic carbocycles. The van der Waals surface area contributed by atoms with Crippen molar-refractivity contribution in [3.8, 4) is 33.8 Å². The van der Waals surface area contributed by atoms with E-state index in [1.54, 1.807) is 18.2 Å². The van der Waals surface area contributed by atoms with Crippen molar-refractivity contribution in [2.24, 2.45) is 0 Å². The molecule has 0 unspecified atom stereocenters. The standard InChI is InChI=1S/C47H36N4O2/c48-18-2-1-3-21-50-44-16-14-32(30-8-6-10-36(52)22-30)24-40(44)42-26-34-12-13-35-27-43-41-25-33(31-9-7-11-37(53)23-31)15-17-45(41)51(49-19-4-5-20-49)47(43)29-39(35)38(34)28-46(42)50/h1-11,15,17-29,48,52-53H,12-14,16H2/b2-1-,21-3+,48-18?. The zero-order valence-corrected chi connectivity index (χ0v) is 29.0. The fourth-order valence-corrected chi connectivity index (χ4v) is 8.60. The van der Waals surface area contributed by atoms with Crippen molar-refractivity contribution in [3.05, 3.63) is 162 Å². The lowest BCUT2D eigenvalue weighted by Crippen LogP contribution is -2.07. The molecule has 3 aromatic heterocycles. The van der Waals surface area contributed by atoms with Crippen LogP contribution in [0.5, 0.6) is 11.5 Å². The van der Waals surface area contributed by atoms with Crippen molar-refractivity contribution in [1.29, 1.82) is 5.41 Å². The van der Waals surface area contributed by atoms with E-state index in [2.05, 4.69) is 99.3 Å². The predicted molar refractivity (Wildman–Crippen MR) is 218 cm³/mol. The number of aromatic hydroxyl groups is 2. The van der Waals surface area contributed by atoms with Gasteiger partial charge in [0.25, 0.3) is 0 Å². The number of rotatable bonds is 6. The number of allylic oxidation sites excluding steroid dienone is 4. The Morgan fingerprint density at radius 2 is 1.25 bits per heavy atom. The molecule has 256 valence electrons. The number of nitrogens with one attached hydrogen (secondary N) is 1. The molecule has 0 amide bonds. The Morgan fingerprint density at radius 1 is 0.566 bits per heavy atom. The van der Waals surface area contributed by atoms with Crippen LogP contribution in [0.15, 0.2) is 134 Å². The van der Waals surface area contributed by atoms with Gasteiger partial charge in [-0.05, 0) is 161 Å². The molecule has 3 N–H and O–H groups in total. The number of hydrogen-bond acceptors (Lipinski definition) is 3. The molecule has 0 saturated carbocycles. The summed E-state index contributed by atoms with van der Waals surface area (Å²) < 4.78 is 6.79. The van der Waals surface area contributed by atoms with Crippen LogP contribution in [0.1, 0.15) is 34.4 Å². The average Bonchev–Trinajstić information content (AvgIpc) is 3.89. The fourth-order valence-electron chi connectivity index (χ4n) is 8.60. The molecule has 6 heteroatoms. The van der Waals surface area contributed by atoms with Crippen molar-refractivity contribution in [2.45, 2.75) is 25.7 Å². The molecular formula is C47H36N4O2. The van der Waals surface area contributed by atoms with E-state index < -0.39 is 0 Å². The number of hydrogen-bond donors (Lipinski definition) is 3. The van der Waals surface area contributed by atoms with Crippen molar-refractivity contribution >= 4 is 56.8 Å². The maximum absolute atomic E-state index is 10.2. The first kappa shape index (κ1) is 31.0. The summed E-state index contributed by atoms with van der Waals surface area (Å²) in [7, 11) is 0. The van der Waals surface area contributed by atoms with E-state index in [-0.39, 0.29) is 11.5 Å². The Hall–Kier alpha value is -6.79. The molecule has 10 rings (SSSR count). The predicted octanol–water partition coefficient (Wildman–Crippen LogP) is 10.9. The van der Waals surface area contributed by atoms with E-state index in [1.165, 1.54) is 61.5 Å². The van der Waals surface area contributed by atoms with Gasteiger partial charge < -0.3 is 20.2 Å². The largest absolute Gasteiger partial charge is 0.508 e. The lowest BCUT2D eigenvalue weighted by atomic mass is 9.83. The lowest BCUT2D eigenvalue weighted by molar-refractivity contribution is 0.474. The van der Waals surface area contributed by atoms with E-state index in [0.29, 0.717) is 0 Å². The quantitative estimate of drug-likeness (QED) is 0.120. The highest BCUT2D eigenvalue weighted by molar-refractivity contribution is 6.11. The molecule has 0 aliphatic heterocycles. The van der Waals surface area contributed by atoms with Crippen LogP contribution in [0.2, 0.25) is 0 Å². The molecule has 3 heterocycles. The fraction of sp³-hybridized carbons (Fsp3) is 0.0851. The second kappa shape index (κ2) is 12.2. The smallest absolute Gasteiger partial charge is 0.116 e. The van der Waals surface area contributed by atoms with Gasteiger partial charge in [-0.15, -0.1) is 0 Å². The van der Waals surface area contributed by atoms with Crippen molar-refractivity contribution in [2.75, 3.05) is 0 Å². The summed E-state index contributed by atoms with van der Waals surface area (Å²) in [5.41, 5.74) is 15.5. The van der Waals surface area contributed by atoms with Crippen LogP contribution >= 0.6 is 0 Å². The molecule has 0 bridgehead atoms. The monoisotopic (exact) mass is 688 g/mol. The second-order valence-corrected chi connectivity index (χ2v) is 14.1. The van der Waals surface area contributed by atoms with Crippen molar-refractivity contribution < 1.29 is 10.2 Å². The Morgan fingerprint density at radius 3 is 2.00 bits per heavy atom. The highest BCUT2D eigenvalue weighted by atomic mass is 16.3. The van der Waals surface area contributed by atoms with E-state index in [0.717, 1.165) is 58.9 Å². The lowest BCUT2D eigenvalue weighted by Gasteiger charge is -2.21. The molecule has 0 spiro atoms. The molecule has 8 aromatic rings. The van der Waals surface area contributed by atoms with Crippen LogP contribution in [0.25, 0.3) is 72.8 Å². The Balaban J connectivity index is 1.19. The minimum Gasteiger partial charge on any atom is -0.508 e. The number of nitrogens with zero attached hydrogens (tertiary/aromatic N) is 3. The van der Waals surface area contributed by atoms with Crippen LogP contribution in [0.3, 0.4) is 0 Å². The van der Waals surface area contributed by atoms with Gasteiger partial charge in [-0.3, -0.25) is 4.68 Å². The molecule has 0 saturated heterocycles. The highest BCUT2D eigenvalue weighted by Crippen LogP contribution is 2.45. The number of phenols is 2. The summed E-state index contributed by atoms with van der Waals surface area (Å²) in [6.07, 6.45) is 19.2. The first-order valence-electron chi connectivity index (χ1n) is 18.1. The molecule has 53 heavy (non-hydrogen) atoms. The zero-order valence-electron chi connectivity index (χ0n) is 29.0. The van der Waals surface area contributed by atoms with Crippen LogP contribution in [-0.2, 0) is 19.3 Å². The SMILES string of the molecule is N=C/C=C\C=C\n1c2c(c3cc4c(cc31)-c1cc3c(cc1CC4)c1cc(-c4cccc(O)c4)ccc1n3-n1cccc1)C=C(c1cccc(O)c1)CC2. The first-order chi connectivity index (χ1) is 26.0. The van der Waals surface area contributed by atoms with E-state index in [1.807, 2.05) is 42.5 Å². The summed E-state index contributed by atoms with van der Waals surface area (Å²) in [4.78, 5) is 0. The molecule has 2 aliphatic rings. The summed E-state index contributed by atoms with van der Waals surface area (Å²) in [5, 5.41) is 31.5. The highest BCUT2D eigenvalue weighted by Gasteiger charge is 2.26.